The summed E-state index contributed by atoms with van der Waals surface area (Å²) in [5.41, 5.74) is -2.12. The number of rotatable bonds is 3. The maximum Gasteiger partial charge on any atom is 0.416 e. The monoisotopic (exact) mass is 531 g/mol. The van der Waals surface area contributed by atoms with Crippen LogP contribution in [0.2, 0.25) is 0 Å². The molecule has 2 heterocycles. The highest BCUT2D eigenvalue weighted by Crippen LogP contribution is 2.45. The van der Waals surface area contributed by atoms with Gasteiger partial charge in [-0.25, -0.2) is 0 Å². The smallest absolute Gasteiger partial charge is 0.416 e. The molecule has 3 unspecified atom stereocenters. The molecular weight excluding hydrogens is 500 g/mol. The molecule has 37 heavy (non-hydrogen) atoms. The summed E-state index contributed by atoms with van der Waals surface area (Å²) in [5, 5.41) is 3.55. The fourth-order valence-corrected chi connectivity index (χ4v) is 4.71. The molecule has 2 fully saturated rings. The van der Waals surface area contributed by atoms with Crippen LogP contribution in [0.5, 0.6) is 0 Å². The van der Waals surface area contributed by atoms with Crippen LogP contribution < -0.4 is 5.32 Å². The first kappa shape index (κ1) is 29.0. The minimum absolute atomic E-state index is 0.0486. The number of hydrogen-bond acceptors (Lipinski definition) is 4. The highest BCUT2D eigenvalue weighted by molar-refractivity contribution is 5.78. The van der Waals surface area contributed by atoms with Gasteiger partial charge in [-0.15, -0.1) is 0 Å². The van der Waals surface area contributed by atoms with Gasteiger partial charge >= 0.3 is 18.3 Å². The lowest BCUT2D eigenvalue weighted by Gasteiger charge is -2.37. The van der Waals surface area contributed by atoms with Crippen LogP contribution in [0.15, 0.2) is 48.5 Å². The number of halogens is 6. The number of nitrogens with one attached hydrogen (secondary N) is 1. The van der Waals surface area contributed by atoms with Gasteiger partial charge < -0.3 is 14.8 Å². The summed E-state index contributed by atoms with van der Waals surface area (Å²) in [6.45, 7) is 6.10. The third-order valence-corrected chi connectivity index (χ3v) is 6.82. The molecule has 1 N–H and O–H groups in total. The number of piperidine rings is 1. The molecular formula is C27H31F6NO3. The number of esters is 1. The Hall–Kier alpha value is -2.59. The van der Waals surface area contributed by atoms with Crippen molar-refractivity contribution in [3.8, 4) is 0 Å². The fraction of sp³-hybridized carbons (Fsp3) is 0.519. The van der Waals surface area contributed by atoms with Gasteiger partial charge in [0, 0.05) is 26.1 Å². The molecule has 0 aromatic heterocycles. The van der Waals surface area contributed by atoms with Gasteiger partial charge in [-0.05, 0) is 62.9 Å². The van der Waals surface area contributed by atoms with Gasteiger partial charge in [0.2, 0.25) is 0 Å². The van der Waals surface area contributed by atoms with Crippen LogP contribution >= 0.6 is 0 Å². The summed E-state index contributed by atoms with van der Waals surface area (Å²) in [5.74, 6) is -0.0486. The van der Waals surface area contributed by atoms with Crippen molar-refractivity contribution >= 4 is 5.97 Å². The zero-order valence-electron chi connectivity index (χ0n) is 21.1. The first-order valence-electron chi connectivity index (χ1n) is 11.9. The van der Waals surface area contributed by atoms with Crippen molar-refractivity contribution in [1.82, 2.24) is 5.32 Å². The van der Waals surface area contributed by atoms with Gasteiger partial charge in [-0.3, -0.25) is 4.79 Å². The quantitative estimate of drug-likeness (QED) is 0.335. The molecule has 1 spiro atoms. The fourth-order valence-electron chi connectivity index (χ4n) is 4.71. The van der Waals surface area contributed by atoms with Gasteiger partial charge in [0.1, 0.15) is 5.60 Å². The number of alkyl halides is 6. The van der Waals surface area contributed by atoms with E-state index >= 15 is 0 Å². The molecule has 0 amide bonds. The second kappa shape index (κ2) is 10.6. The van der Waals surface area contributed by atoms with Crippen molar-refractivity contribution in [3.63, 3.8) is 0 Å². The van der Waals surface area contributed by atoms with Crippen LogP contribution in [0, 0.1) is 5.41 Å². The summed E-state index contributed by atoms with van der Waals surface area (Å²) >= 11 is 0. The maximum atomic E-state index is 12.5. The molecule has 3 atom stereocenters. The van der Waals surface area contributed by atoms with E-state index < -0.39 is 29.6 Å². The van der Waals surface area contributed by atoms with E-state index in [-0.39, 0.29) is 28.6 Å². The molecule has 10 heteroatoms. The molecule has 4 rings (SSSR count). The van der Waals surface area contributed by atoms with E-state index in [0.717, 1.165) is 25.8 Å². The molecule has 2 aliphatic rings. The maximum absolute atomic E-state index is 12.5. The van der Waals surface area contributed by atoms with Gasteiger partial charge in [0.05, 0.1) is 22.6 Å². The van der Waals surface area contributed by atoms with E-state index in [1.54, 1.807) is 0 Å². The second-order valence-corrected chi connectivity index (χ2v) is 10.2. The lowest BCUT2D eigenvalue weighted by molar-refractivity contribution is -0.154. The first-order chi connectivity index (χ1) is 17.1. The van der Waals surface area contributed by atoms with Crippen LogP contribution in [-0.2, 0) is 26.6 Å². The number of carbonyl (C=O) groups is 1. The van der Waals surface area contributed by atoms with Gasteiger partial charge in [0.25, 0.3) is 0 Å². The summed E-state index contributed by atoms with van der Waals surface area (Å²) in [4.78, 5) is 11.9. The zero-order chi connectivity index (χ0) is 27.6. The largest absolute Gasteiger partial charge is 0.457 e. The summed E-state index contributed by atoms with van der Waals surface area (Å²) in [7, 11) is 1.21. The summed E-state index contributed by atoms with van der Waals surface area (Å²) in [6.07, 6.45) is -7.71. The van der Waals surface area contributed by atoms with Crippen LogP contribution in [-0.4, -0.2) is 25.2 Å². The predicted octanol–water partition coefficient (Wildman–Crippen LogP) is 7.25. The van der Waals surface area contributed by atoms with Crippen molar-refractivity contribution < 1.29 is 40.6 Å². The number of hydrogen-bond donors (Lipinski definition) is 1. The minimum atomic E-state index is -4.83. The van der Waals surface area contributed by atoms with Crippen molar-refractivity contribution in [1.29, 1.82) is 0 Å². The number of methoxy groups -OCH3 is 1. The van der Waals surface area contributed by atoms with E-state index in [2.05, 4.69) is 29.6 Å². The van der Waals surface area contributed by atoms with Crippen LogP contribution in [0.3, 0.4) is 0 Å². The molecule has 0 saturated carbocycles. The van der Waals surface area contributed by atoms with Crippen LogP contribution in [0.4, 0.5) is 26.3 Å². The molecule has 204 valence electrons. The van der Waals surface area contributed by atoms with Gasteiger partial charge in [-0.1, -0.05) is 30.3 Å². The normalized spacial score (nSPS) is 24.3. The van der Waals surface area contributed by atoms with Crippen LogP contribution in [0.1, 0.15) is 74.4 Å². The molecule has 2 aromatic carbocycles. The highest BCUT2D eigenvalue weighted by atomic mass is 19.4. The third kappa shape index (κ3) is 7.04. The van der Waals surface area contributed by atoms with Crippen LogP contribution in [0.25, 0.3) is 0 Å². The minimum Gasteiger partial charge on any atom is -0.457 e. The Morgan fingerprint density at radius 1 is 1.00 bits per heavy atom. The predicted molar refractivity (Wildman–Crippen MR) is 126 cm³/mol. The zero-order valence-corrected chi connectivity index (χ0v) is 21.1. The van der Waals surface area contributed by atoms with E-state index in [4.69, 9.17) is 9.47 Å². The Morgan fingerprint density at radius 2 is 1.57 bits per heavy atom. The number of ether oxygens (including phenoxy) is 2. The van der Waals surface area contributed by atoms with E-state index in [1.807, 2.05) is 19.9 Å². The van der Waals surface area contributed by atoms with Crippen molar-refractivity contribution in [2.75, 3.05) is 13.7 Å². The lowest BCUT2D eigenvalue weighted by atomic mass is 9.78. The van der Waals surface area contributed by atoms with Crippen molar-refractivity contribution in [2.24, 2.45) is 5.41 Å². The Bertz CT molecular complexity index is 1040. The van der Waals surface area contributed by atoms with Gasteiger partial charge in [-0.2, -0.15) is 26.3 Å². The van der Waals surface area contributed by atoms with Crippen molar-refractivity contribution in [2.45, 2.75) is 70.1 Å². The summed E-state index contributed by atoms with van der Waals surface area (Å²) < 4.78 is 85.4. The Labute approximate surface area is 212 Å². The number of benzene rings is 2. The molecule has 0 radical (unpaired) electrons. The highest BCUT2D eigenvalue weighted by Gasteiger charge is 2.52. The van der Waals surface area contributed by atoms with E-state index in [0.29, 0.717) is 18.2 Å². The average Bonchev–Trinajstić information content (AvgIpc) is 3.05. The third-order valence-electron chi connectivity index (χ3n) is 6.82. The molecule has 0 bridgehead atoms. The van der Waals surface area contributed by atoms with Gasteiger partial charge in [0.15, 0.2) is 0 Å². The number of carbonyl (C=O) groups excluding carboxylic acids is 1. The second-order valence-electron chi connectivity index (χ2n) is 10.2. The Kier molecular flexibility index (Phi) is 8.34. The van der Waals surface area contributed by atoms with E-state index in [9.17, 15) is 31.1 Å². The first-order valence-corrected chi connectivity index (χ1v) is 11.9. The Balaban J connectivity index is 0.000000206. The van der Waals surface area contributed by atoms with E-state index in [1.165, 1.54) is 19.6 Å². The van der Waals surface area contributed by atoms with Crippen molar-refractivity contribution in [3.05, 3.63) is 70.8 Å². The topological polar surface area (TPSA) is 47.6 Å². The standard InChI is InChI=1S/C16H21NO2.C11H10F6O/c1-15(2)10-16(19-14(15)18)9-8-13(17-11-16)12-6-4-3-5-7-12;1-6(18-2)7-3-8(10(12,13)14)5-9(4-7)11(15,16)17/h3-7,13,17H,8-11H2,1-2H3;3-6H,1-2H3. The molecule has 4 nitrogen and oxygen atoms in total. The Morgan fingerprint density at radius 3 is 1.97 bits per heavy atom. The molecule has 2 aliphatic heterocycles. The average molecular weight is 532 g/mol. The molecule has 0 aliphatic carbocycles. The molecule has 2 saturated heterocycles. The lowest BCUT2D eigenvalue weighted by Crippen LogP contribution is -2.47. The SMILES string of the molecule is CC1(C)CC2(CCC(c3ccccc3)NC2)OC1=O.COC(C)c1cc(C(F)(F)F)cc(C(F)(F)F)c1. The molecule has 2 aromatic rings. The summed E-state index contributed by atoms with van der Waals surface area (Å²) in [6, 6.07) is 12.3.